The minimum absolute atomic E-state index is 0.164. The summed E-state index contributed by atoms with van der Waals surface area (Å²) in [7, 11) is 0. The Kier molecular flexibility index (Phi) is 4.56. The Morgan fingerprint density at radius 3 is 2.54 bits per heavy atom. The Labute approximate surface area is 139 Å². The lowest BCUT2D eigenvalue weighted by molar-refractivity contribution is -0.120. The summed E-state index contributed by atoms with van der Waals surface area (Å²) in [4.78, 5) is 14.7. The van der Waals surface area contributed by atoms with Crippen molar-refractivity contribution in [1.82, 2.24) is 4.98 Å². The molecule has 0 aliphatic rings. The van der Waals surface area contributed by atoms with Crippen LogP contribution in [0.1, 0.15) is 12.5 Å². The van der Waals surface area contributed by atoms with E-state index in [2.05, 4.69) is 22.1 Å². The highest BCUT2D eigenvalue weighted by Crippen LogP contribution is 2.30. The summed E-state index contributed by atoms with van der Waals surface area (Å²) < 4.78 is 5.41. The molecule has 0 fully saturated rings. The maximum absolute atomic E-state index is 11.8. The van der Waals surface area contributed by atoms with Gasteiger partial charge in [0.2, 0.25) is 0 Å². The molecule has 3 aromatic rings. The number of nitrogen functional groups attached to an aromatic ring is 1. The molecule has 3 N–H and O–H groups in total. The second-order valence-electron chi connectivity index (χ2n) is 5.31. The highest BCUT2D eigenvalue weighted by atomic mass is 16.5. The van der Waals surface area contributed by atoms with E-state index in [-0.39, 0.29) is 6.61 Å². The van der Waals surface area contributed by atoms with Gasteiger partial charge in [0.05, 0.1) is 0 Å². The number of hydrogen-bond acceptors (Lipinski definition) is 4. The number of ether oxygens (including phenoxy) is 1. The van der Waals surface area contributed by atoms with Crippen molar-refractivity contribution >= 4 is 28.3 Å². The van der Waals surface area contributed by atoms with Gasteiger partial charge in [-0.05, 0) is 24.1 Å². The molecule has 0 saturated heterocycles. The number of benzene rings is 2. The number of hydrogen-bond donors (Lipinski definition) is 2. The third-order valence-electron chi connectivity index (χ3n) is 3.68. The Balaban J connectivity index is 1.64. The topological polar surface area (TPSA) is 92.8 Å². The Bertz CT molecular complexity index is 882. The van der Waals surface area contributed by atoms with Gasteiger partial charge in [0, 0.05) is 10.8 Å². The molecule has 0 atom stereocenters. The van der Waals surface area contributed by atoms with Crippen molar-refractivity contribution in [3.05, 3.63) is 54.1 Å². The average molecular weight is 322 g/mol. The van der Waals surface area contributed by atoms with Crippen molar-refractivity contribution < 1.29 is 9.53 Å². The fourth-order valence-electron chi connectivity index (χ4n) is 2.37. The number of rotatable bonds is 5. The van der Waals surface area contributed by atoms with Crippen LogP contribution < -0.4 is 10.5 Å². The molecule has 2 aromatic carbocycles. The number of aromatic amines is 1. The molecule has 24 heavy (non-hydrogen) atoms. The van der Waals surface area contributed by atoms with Gasteiger partial charge in [-0.2, -0.15) is 0 Å². The standard InChI is InChI=1S/C18H18N4O2/c1-2-12-7-9-13(10-8-12)24-11-16(23)21-22-18-15-6-4-3-5-14(15)17(19)20-18/h3-10,20H,2,11,19H2,1H3. The normalized spacial score (nSPS) is 11.2. The van der Waals surface area contributed by atoms with Crippen molar-refractivity contribution in [3.8, 4) is 5.75 Å². The number of azo groups is 1. The van der Waals surface area contributed by atoms with Crippen LogP contribution in [-0.2, 0) is 11.2 Å². The van der Waals surface area contributed by atoms with Gasteiger partial charge in [-0.15, -0.1) is 10.2 Å². The van der Waals surface area contributed by atoms with Crippen LogP contribution in [-0.4, -0.2) is 17.5 Å². The number of nitrogens with one attached hydrogen (secondary N) is 1. The third-order valence-corrected chi connectivity index (χ3v) is 3.68. The fourth-order valence-corrected chi connectivity index (χ4v) is 2.37. The minimum atomic E-state index is -0.466. The highest BCUT2D eigenvalue weighted by Gasteiger charge is 2.07. The molecule has 122 valence electrons. The number of carbonyl (C=O) groups excluding carboxylic acids is 1. The zero-order valence-corrected chi connectivity index (χ0v) is 13.3. The van der Waals surface area contributed by atoms with Crippen molar-refractivity contribution in [1.29, 1.82) is 0 Å². The Morgan fingerprint density at radius 1 is 1.12 bits per heavy atom. The zero-order chi connectivity index (χ0) is 16.9. The Hall–Kier alpha value is -3.15. The minimum Gasteiger partial charge on any atom is -0.484 e. The first-order valence-corrected chi connectivity index (χ1v) is 7.70. The maximum atomic E-state index is 11.8. The van der Waals surface area contributed by atoms with E-state index in [0.29, 0.717) is 17.4 Å². The number of fused-ring (bicyclic) bond motifs is 1. The summed E-state index contributed by atoms with van der Waals surface area (Å²) in [6.45, 7) is 1.92. The fraction of sp³-hybridized carbons (Fsp3) is 0.167. The first kappa shape index (κ1) is 15.7. The summed E-state index contributed by atoms with van der Waals surface area (Å²) in [5.74, 6) is 1.13. The van der Waals surface area contributed by atoms with Gasteiger partial charge in [0.25, 0.3) is 0 Å². The van der Waals surface area contributed by atoms with E-state index in [1.54, 1.807) is 0 Å². The highest BCUT2D eigenvalue weighted by molar-refractivity contribution is 5.99. The quantitative estimate of drug-likeness (QED) is 0.695. The molecule has 0 unspecified atom stereocenters. The lowest BCUT2D eigenvalue weighted by Crippen LogP contribution is -2.07. The number of carbonyl (C=O) groups is 1. The van der Waals surface area contributed by atoms with E-state index in [1.807, 2.05) is 48.5 Å². The van der Waals surface area contributed by atoms with Gasteiger partial charge in [-0.1, -0.05) is 43.3 Å². The SMILES string of the molecule is CCc1ccc(OCC(=O)N=Nc2[nH]c(N)c3ccccc23)cc1. The van der Waals surface area contributed by atoms with E-state index in [4.69, 9.17) is 10.5 Å². The number of anilines is 1. The molecule has 0 bridgehead atoms. The second-order valence-corrected chi connectivity index (χ2v) is 5.31. The Morgan fingerprint density at radius 2 is 1.83 bits per heavy atom. The van der Waals surface area contributed by atoms with Crippen molar-refractivity contribution in [2.45, 2.75) is 13.3 Å². The molecular weight excluding hydrogens is 304 g/mol. The lowest BCUT2D eigenvalue weighted by Gasteiger charge is -2.03. The van der Waals surface area contributed by atoms with Crippen LogP contribution in [0.3, 0.4) is 0 Å². The summed E-state index contributed by atoms with van der Waals surface area (Å²) in [6, 6.07) is 15.1. The van der Waals surface area contributed by atoms with Gasteiger partial charge in [0.1, 0.15) is 11.6 Å². The average Bonchev–Trinajstić information content (AvgIpc) is 2.95. The molecule has 1 heterocycles. The predicted molar refractivity (Wildman–Crippen MR) is 93.5 cm³/mol. The maximum Gasteiger partial charge on any atom is 0.302 e. The van der Waals surface area contributed by atoms with Gasteiger partial charge in [-0.25, -0.2) is 0 Å². The molecule has 0 radical (unpaired) electrons. The lowest BCUT2D eigenvalue weighted by atomic mass is 10.2. The number of H-pyrrole nitrogens is 1. The van der Waals surface area contributed by atoms with E-state index in [0.717, 1.165) is 17.2 Å². The zero-order valence-electron chi connectivity index (χ0n) is 13.3. The van der Waals surface area contributed by atoms with Gasteiger partial charge in [-0.3, -0.25) is 4.79 Å². The monoisotopic (exact) mass is 322 g/mol. The largest absolute Gasteiger partial charge is 0.484 e. The first-order valence-electron chi connectivity index (χ1n) is 7.70. The molecule has 6 heteroatoms. The van der Waals surface area contributed by atoms with E-state index in [1.165, 1.54) is 5.56 Å². The molecule has 0 saturated carbocycles. The number of amides is 1. The second kappa shape index (κ2) is 6.95. The van der Waals surface area contributed by atoms with Crippen LogP contribution >= 0.6 is 0 Å². The number of nitrogens with two attached hydrogens (primary N) is 1. The summed E-state index contributed by atoms with van der Waals surface area (Å²) in [5, 5.41) is 9.31. The molecule has 0 aliphatic carbocycles. The van der Waals surface area contributed by atoms with Crippen molar-refractivity contribution in [2.24, 2.45) is 10.2 Å². The van der Waals surface area contributed by atoms with Crippen LogP contribution in [0.2, 0.25) is 0 Å². The third kappa shape index (κ3) is 3.43. The van der Waals surface area contributed by atoms with Crippen LogP contribution in [0.25, 0.3) is 10.8 Å². The smallest absolute Gasteiger partial charge is 0.302 e. The van der Waals surface area contributed by atoms with Crippen LogP contribution in [0, 0.1) is 0 Å². The van der Waals surface area contributed by atoms with Crippen molar-refractivity contribution in [2.75, 3.05) is 12.3 Å². The van der Waals surface area contributed by atoms with Crippen LogP contribution in [0.15, 0.2) is 58.8 Å². The van der Waals surface area contributed by atoms with Crippen LogP contribution in [0.5, 0.6) is 5.75 Å². The molecule has 0 aliphatic heterocycles. The van der Waals surface area contributed by atoms with Gasteiger partial charge >= 0.3 is 5.91 Å². The summed E-state index contributed by atoms with van der Waals surface area (Å²) >= 11 is 0. The predicted octanol–water partition coefficient (Wildman–Crippen LogP) is 4.00. The van der Waals surface area contributed by atoms with E-state index in [9.17, 15) is 4.79 Å². The molecule has 6 nitrogen and oxygen atoms in total. The van der Waals surface area contributed by atoms with E-state index >= 15 is 0 Å². The number of aromatic nitrogens is 1. The van der Waals surface area contributed by atoms with Crippen LogP contribution in [0.4, 0.5) is 11.6 Å². The molecule has 3 rings (SSSR count). The van der Waals surface area contributed by atoms with Gasteiger partial charge in [0.15, 0.2) is 12.4 Å². The first-order chi connectivity index (χ1) is 11.7. The number of aryl methyl sites for hydroxylation is 1. The molecule has 1 amide bonds. The number of nitrogens with zero attached hydrogens (tertiary/aromatic N) is 2. The van der Waals surface area contributed by atoms with Crippen molar-refractivity contribution in [3.63, 3.8) is 0 Å². The molecule has 1 aromatic heterocycles. The summed E-state index contributed by atoms with van der Waals surface area (Å²) in [6.07, 6.45) is 0.959. The molecular formula is C18H18N4O2. The summed E-state index contributed by atoms with van der Waals surface area (Å²) in [5.41, 5.74) is 7.09. The van der Waals surface area contributed by atoms with Gasteiger partial charge < -0.3 is 15.5 Å². The molecule has 0 spiro atoms. The van der Waals surface area contributed by atoms with E-state index < -0.39 is 5.91 Å².